The highest BCUT2D eigenvalue weighted by Gasteiger charge is 2.25. The van der Waals surface area contributed by atoms with E-state index < -0.39 is 40.5 Å². The maximum atomic E-state index is 13.0. The van der Waals surface area contributed by atoms with Gasteiger partial charge in [-0.2, -0.15) is 0 Å². The number of nitrogen functional groups attached to an aromatic ring is 1. The summed E-state index contributed by atoms with van der Waals surface area (Å²) >= 11 is 0. The van der Waals surface area contributed by atoms with E-state index in [-0.39, 0.29) is 35.1 Å². The third-order valence-electron chi connectivity index (χ3n) is 5.16. The van der Waals surface area contributed by atoms with Gasteiger partial charge in [0.25, 0.3) is 11.5 Å². The van der Waals surface area contributed by atoms with Crippen LogP contribution in [0.25, 0.3) is 0 Å². The predicted molar refractivity (Wildman–Crippen MR) is 133 cm³/mol. The van der Waals surface area contributed by atoms with E-state index in [1.807, 2.05) is 6.07 Å². The van der Waals surface area contributed by atoms with Crippen LogP contribution in [-0.4, -0.2) is 45.0 Å². The Kier molecular flexibility index (Phi) is 8.37. The van der Waals surface area contributed by atoms with Gasteiger partial charge >= 0.3 is 11.7 Å². The normalized spacial score (nSPS) is 11.6. The molecule has 0 saturated heterocycles. The molecular formula is C24H26N4O6S. The summed E-state index contributed by atoms with van der Waals surface area (Å²) in [5.41, 5.74) is 5.33. The Morgan fingerprint density at radius 1 is 1.09 bits per heavy atom. The number of nitrogens with two attached hydrogens (primary N) is 1. The predicted octanol–water partition coefficient (Wildman–Crippen LogP) is 1.50. The van der Waals surface area contributed by atoms with Crippen LogP contribution < -0.4 is 21.9 Å². The van der Waals surface area contributed by atoms with Crippen molar-refractivity contribution in [1.29, 1.82) is 0 Å². The van der Waals surface area contributed by atoms with Gasteiger partial charge in [0.05, 0.1) is 27.8 Å². The highest BCUT2D eigenvalue weighted by Crippen LogP contribution is 2.19. The Balaban J connectivity index is 1.89. The molecule has 0 spiro atoms. The highest BCUT2D eigenvalue weighted by molar-refractivity contribution is 7.84. The second kappa shape index (κ2) is 11.4. The van der Waals surface area contributed by atoms with Crippen molar-refractivity contribution in [1.82, 2.24) is 9.55 Å². The topological polar surface area (TPSA) is 145 Å². The average Bonchev–Trinajstić information content (AvgIpc) is 2.84. The maximum Gasteiger partial charge on any atom is 0.339 e. The minimum Gasteiger partial charge on any atom is -0.452 e. The lowest BCUT2D eigenvalue weighted by atomic mass is 10.2. The zero-order valence-corrected chi connectivity index (χ0v) is 20.2. The molecule has 0 aliphatic heterocycles. The smallest absolute Gasteiger partial charge is 0.339 e. The van der Waals surface area contributed by atoms with Crippen molar-refractivity contribution in [2.45, 2.75) is 24.8 Å². The molecule has 0 bridgehead atoms. The maximum absolute atomic E-state index is 13.0. The summed E-state index contributed by atoms with van der Waals surface area (Å²) in [4.78, 5) is 54.3. The molecule has 1 atom stereocenters. The first kappa shape index (κ1) is 25.6. The summed E-state index contributed by atoms with van der Waals surface area (Å²) in [5.74, 6) is -1.70. The SMILES string of the molecule is CCCN(C(=O)COC(=O)c1ccccc1[S@](C)=O)c1c(N)n(Cc2ccccc2)c(=O)[nH]c1=O. The molecule has 0 aliphatic rings. The van der Waals surface area contributed by atoms with Crippen LogP contribution in [0.4, 0.5) is 11.5 Å². The van der Waals surface area contributed by atoms with Crippen molar-refractivity contribution < 1.29 is 18.5 Å². The number of esters is 1. The zero-order chi connectivity index (χ0) is 25.5. The summed E-state index contributed by atoms with van der Waals surface area (Å²) in [6.07, 6.45) is 1.90. The number of hydrogen-bond acceptors (Lipinski definition) is 7. The second-order valence-corrected chi connectivity index (χ2v) is 8.98. The molecule has 0 unspecified atom stereocenters. The van der Waals surface area contributed by atoms with E-state index >= 15 is 0 Å². The van der Waals surface area contributed by atoms with Crippen LogP contribution in [0.1, 0.15) is 29.3 Å². The molecule has 0 fully saturated rings. The summed E-state index contributed by atoms with van der Waals surface area (Å²) in [5, 5.41) is 0. The Bertz CT molecular complexity index is 1370. The molecule has 3 aromatic rings. The van der Waals surface area contributed by atoms with Gasteiger partial charge in [0.2, 0.25) is 0 Å². The first-order valence-corrected chi connectivity index (χ1v) is 12.4. The van der Waals surface area contributed by atoms with Gasteiger partial charge in [-0.1, -0.05) is 49.4 Å². The van der Waals surface area contributed by atoms with E-state index in [9.17, 15) is 23.4 Å². The number of anilines is 2. The largest absolute Gasteiger partial charge is 0.452 e. The van der Waals surface area contributed by atoms with Gasteiger partial charge in [0, 0.05) is 12.8 Å². The average molecular weight is 499 g/mol. The van der Waals surface area contributed by atoms with E-state index in [0.29, 0.717) is 6.42 Å². The number of H-pyrrole nitrogens is 1. The molecule has 1 heterocycles. The first-order chi connectivity index (χ1) is 16.7. The number of ether oxygens (including phenoxy) is 1. The number of benzene rings is 2. The molecule has 35 heavy (non-hydrogen) atoms. The Labute approximate surface area is 203 Å². The van der Waals surface area contributed by atoms with E-state index in [4.69, 9.17) is 10.5 Å². The van der Waals surface area contributed by atoms with Crippen LogP contribution in [-0.2, 0) is 26.9 Å². The molecule has 0 saturated carbocycles. The molecule has 0 radical (unpaired) electrons. The van der Waals surface area contributed by atoms with E-state index in [2.05, 4.69) is 4.98 Å². The van der Waals surface area contributed by atoms with Gasteiger partial charge in [-0.3, -0.25) is 23.3 Å². The molecule has 0 aliphatic carbocycles. The van der Waals surface area contributed by atoms with Gasteiger partial charge in [0.15, 0.2) is 12.3 Å². The lowest BCUT2D eigenvalue weighted by Crippen LogP contribution is -2.43. The monoisotopic (exact) mass is 498 g/mol. The first-order valence-electron chi connectivity index (χ1n) is 10.8. The number of aromatic amines is 1. The zero-order valence-electron chi connectivity index (χ0n) is 19.4. The van der Waals surface area contributed by atoms with Gasteiger partial charge in [-0.05, 0) is 24.1 Å². The number of amides is 1. The Morgan fingerprint density at radius 2 is 1.74 bits per heavy atom. The summed E-state index contributed by atoms with van der Waals surface area (Å²) in [7, 11) is -1.44. The third kappa shape index (κ3) is 5.93. The van der Waals surface area contributed by atoms with Crippen molar-refractivity contribution in [2.24, 2.45) is 0 Å². The minimum atomic E-state index is -1.44. The second-order valence-electron chi connectivity index (χ2n) is 7.64. The van der Waals surface area contributed by atoms with Crippen molar-refractivity contribution in [2.75, 3.05) is 30.0 Å². The molecule has 1 aromatic heterocycles. The molecule has 3 N–H and O–H groups in total. The molecule has 1 amide bonds. The van der Waals surface area contributed by atoms with Crippen LogP contribution in [0.2, 0.25) is 0 Å². The fourth-order valence-electron chi connectivity index (χ4n) is 3.51. The number of rotatable bonds is 9. The Hall–Kier alpha value is -3.99. The van der Waals surface area contributed by atoms with Crippen LogP contribution in [0.5, 0.6) is 0 Å². The number of carbonyl (C=O) groups excluding carboxylic acids is 2. The van der Waals surface area contributed by atoms with Crippen LogP contribution >= 0.6 is 0 Å². The third-order valence-corrected chi connectivity index (χ3v) is 6.13. The van der Waals surface area contributed by atoms with Gasteiger partial charge in [-0.15, -0.1) is 0 Å². The molecule has 3 rings (SSSR count). The number of nitrogens with zero attached hydrogens (tertiary/aromatic N) is 2. The summed E-state index contributed by atoms with van der Waals surface area (Å²) < 4.78 is 18.2. The quantitative estimate of drug-likeness (QED) is 0.425. The fourth-order valence-corrected chi connectivity index (χ4v) is 4.25. The van der Waals surface area contributed by atoms with Gasteiger partial charge < -0.3 is 15.4 Å². The van der Waals surface area contributed by atoms with E-state index in [0.717, 1.165) is 10.5 Å². The summed E-state index contributed by atoms with van der Waals surface area (Å²) in [6.45, 7) is 1.30. The molecule has 184 valence electrons. The van der Waals surface area contributed by atoms with E-state index in [1.54, 1.807) is 43.3 Å². The molecule has 10 nitrogen and oxygen atoms in total. The van der Waals surface area contributed by atoms with Crippen molar-refractivity contribution in [3.63, 3.8) is 0 Å². The lowest BCUT2D eigenvalue weighted by molar-refractivity contribution is -0.121. The standard InChI is InChI=1S/C24H26N4O6S/c1-3-13-27(19(29)15-34-23(31)17-11-7-8-12-18(17)35(2)33)20-21(25)28(24(32)26-22(20)30)14-16-9-5-4-6-10-16/h4-12H,3,13-15,25H2,1-2H3,(H,26,30,32)/t35-/m0/s1. The molecular weight excluding hydrogens is 472 g/mol. The number of carbonyl (C=O) groups is 2. The number of nitrogens with one attached hydrogen (secondary N) is 1. The lowest BCUT2D eigenvalue weighted by Gasteiger charge is -2.24. The summed E-state index contributed by atoms with van der Waals surface area (Å²) in [6, 6.07) is 15.2. The Morgan fingerprint density at radius 3 is 2.40 bits per heavy atom. The van der Waals surface area contributed by atoms with Crippen LogP contribution in [0.15, 0.2) is 69.1 Å². The minimum absolute atomic E-state index is 0.0805. The highest BCUT2D eigenvalue weighted by atomic mass is 32.2. The molecule has 11 heteroatoms. The van der Waals surface area contributed by atoms with Crippen molar-refractivity contribution in [3.05, 3.63) is 86.6 Å². The molecule has 2 aromatic carbocycles. The fraction of sp³-hybridized carbons (Fsp3) is 0.250. The number of aromatic nitrogens is 2. The van der Waals surface area contributed by atoms with Crippen LogP contribution in [0.3, 0.4) is 0 Å². The van der Waals surface area contributed by atoms with Crippen LogP contribution in [0, 0.1) is 0 Å². The van der Waals surface area contributed by atoms with E-state index in [1.165, 1.54) is 23.0 Å². The van der Waals surface area contributed by atoms with Gasteiger partial charge in [-0.25, -0.2) is 9.59 Å². The van der Waals surface area contributed by atoms with Crippen molar-refractivity contribution >= 4 is 34.2 Å². The number of hydrogen-bond donors (Lipinski definition) is 2. The van der Waals surface area contributed by atoms with Gasteiger partial charge in [0.1, 0.15) is 5.82 Å². The van der Waals surface area contributed by atoms with Crippen molar-refractivity contribution in [3.8, 4) is 0 Å².